The number of nitro groups is 1. The standard InChI is InChI=1S/C23H27N3O3/c1-16(27)18-8-11-22(23(12-18)26(28)29)24(2)21-13-19-9-10-20(14-21)25(19)15-17-6-4-3-5-7-17/h3-8,11-12,19-21H,9-10,13-15H2,1-2H3. The molecule has 2 bridgehead atoms. The Bertz CT molecular complexity index is 901. The number of fused-ring (bicyclic) bond motifs is 2. The van der Waals surface area contributed by atoms with Gasteiger partial charge in [0.1, 0.15) is 5.69 Å². The van der Waals surface area contributed by atoms with Crippen LogP contribution in [0.25, 0.3) is 0 Å². The number of hydrogen-bond acceptors (Lipinski definition) is 5. The van der Waals surface area contributed by atoms with Gasteiger partial charge in [0.15, 0.2) is 5.78 Å². The fourth-order valence-corrected chi connectivity index (χ4v) is 5.00. The van der Waals surface area contributed by atoms with Gasteiger partial charge in [-0.3, -0.25) is 19.8 Å². The van der Waals surface area contributed by atoms with Crippen molar-refractivity contribution in [3.63, 3.8) is 0 Å². The first kappa shape index (κ1) is 19.6. The summed E-state index contributed by atoms with van der Waals surface area (Å²) in [6, 6.07) is 16.7. The van der Waals surface area contributed by atoms with Gasteiger partial charge in [-0.1, -0.05) is 30.3 Å². The van der Waals surface area contributed by atoms with Gasteiger partial charge in [-0.2, -0.15) is 0 Å². The van der Waals surface area contributed by atoms with Gasteiger partial charge in [0, 0.05) is 43.3 Å². The number of nitrogens with zero attached hydrogens (tertiary/aromatic N) is 3. The minimum Gasteiger partial charge on any atom is -0.366 e. The molecule has 0 N–H and O–H groups in total. The van der Waals surface area contributed by atoms with E-state index in [1.54, 1.807) is 12.1 Å². The molecule has 2 aliphatic heterocycles. The van der Waals surface area contributed by atoms with E-state index in [0.717, 1.165) is 19.4 Å². The molecule has 152 valence electrons. The average Bonchev–Trinajstić information content (AvgIpc) is 2.95. The lowest BCUT2D eigenvalue weighted by Gasteiger charge is -2.42. The third-order valence-electron chi connectivity index (χ3n) is 6.57. The van der Waals surface area contributed by atoms with Crippen LogP contribution < -0.4 is 4.90 Å². The van der Waals surface area contributed by atoms with Crippen LogP contribution in [-0.4, -0.2) is 40.8 Å². The van der Waals surface area contributed by atoms with Gasteiger partial charge in [0.25, 0.3) is 5.69 Å². The summed E-state index contributed by atoms with van der Waals surface area (Å²) in [4.78, 5) is 27.6. The summed E-state index contributed by atoms with van der Waals surface area (Å²) in [5.41, 5.74) is 2.33. The van der Waals surface area contributed by atoms with E-state index in [2.05, 4.69) is 34.1 Å². The van der Waals surface area contributed by atoms with E-state index in [1.807, 2.05) is 13.1 Å². The molecule has 2 atom stereocenters. The van der Waals surface area contributed by atoms with Gasteiger partial charge >= 0.3 is 0 Å². The third kappa shape index (κ3) is 3.90. The van der Waals surface area contributed by atoms with Gasteiger partial charge in [-0.15, -0.1) is 0 Å². The molecule has 2 aromatic rings. The molecule has 0 saturated carbocycles. The lowest BCUT2D eigenvalue weighted by Crippen LogP contribution is -2.49. The molecular weight excluding hydrogens is 366 g/mol. The average molecular weight is 393 g/mol. The molecule has 2 aliphatic rings. The number of rotatable bonds is 6. The molecule has 2 saturated heterocycles. The Morgan fingerprint density at radius 2 is 1.79 bits per heavy atom. The molecule has 4 rings (SSSR count). The van der Waals surface area contributed by atoms with Crippen LogP contribution in [0.2, 0.25) is 0 Å². The first-order chi connectivity index (χ1) is 13.9. The van der Waals surface area contributed by atoms with Crippen LogP contribution in [0.15, 0.2) is 48.5 Å². The molecule has 2 aromatic carbocycles. The SMILES string of the molecule is CC(=O)c1ccc(N(C)C2CC3CCC(C2)N3Cc2ccccc2)c([N+](=O)[O-])c1. The molecule has 0 aliphatic carbocycles. The van der Waals surface area contributed by atoms with Crippen molar-refractivity contribution in [3.8, 4) is 0 Å². The van der Waals surface area contributed by atoms with Crippen LogP contribution in [-0.2, 0) is 6.54 Å². The van der Waals surface area contributed by atoms with Crippen LogP contribution in [0, 0.1) is 10.1 Å². The Morgan fingerprint density at radius 3 is 2.38 bits per heavy atom. The first-order valence-electron chi connectivity index (χ1n) is 10.3. The Hall–Kier alpha value is -2.73. The predicted octanol–water partition coefficient (Wildman–Crippen LogP) is 4.43. The third-order valence-corrected chi connectivity index (χ3v) is 6.57. The second-order valence-corrected chi connectivity index (χ2v) is 8.30. The second-order valence-electron chi connectivity index (χ2n) is 8.30. The Labute approximate surface area is 171 Å². The van der Waals surface area contributed by atoms with Crippen LogP contribution in [0.3, 0.4) is 0 Å². The van der Waals surface area contributed by atoms with Gasteiger partial charge in [-0.05, 0) is 50.3 Å². The van der Waals surface area contributed by atoms with Gasteiger partial charge < -0.3 is 4.90 Å². The van der Waals surface area contributed by atoms with Crippen LogP contribution in [0.4, 0.5) is 11.4 Å². The van der Waals surface area contributed by atoms with E-state index in [4.69, 9.17) is 0 Å². The van der Waals surface area contributed by atoms with Crippen LogP contribution in [0.1, 0.15) is 48.5 Å². The minimum atomic E-state index is -0.378. The van der Waals surface area contributed by atoms with Gasteiger partial charge in [0.05, 0.1) is 4.92 Å². The monoisotopic (exact) mass is 393 g/mol. The summed E-state index contributed by atoms with van der Waals surface area (Å²) in [5.74, 6) is -0.158. The summed E-state index contributed by atoms with van der Waals surface area (Å²) >= 11 is 0. The molecule has 29 heavy (non-hydrogen) atoms. The van der Waals surface area contributed by atoms with Crippen LogP contribution in [0.5, 0.6) is 0 Å². The van der Waals surface area contributed by atoms with E-state index < -0.39 is 0 Å². The van der Waals surface area contributed by atoms with Crippen molar-refractivity contribution in [2.75, 3.05) is 11.9 Å². The zero-order valence-electron chi connectivity index (χ0n) is 17.0. The number of carbonyl (C=O) groups excluding carboxylic acids is 1. The summed E-state index contributed by atoms with van der Waals surface area (Å²) in [6.07, 6.45) is 4.39. The first-order valence-corrected chi connectivity index (χ1v) is 10.3. The number of Topliss-reactive ketones (excluding diaryl/α,β-unsaturated/α-hetero) is 1. The van der Waals surface area contributed by atoms with Crippen molar-refractivity contribution in [1.29, 1.82) is 0 Å². The van der Waals surface area contributed by atoms with Crippen molar-refractivity contribution in [3.05, 3.63) is 69.8 Å². The highest BCUT2D eigenvalue weighted by atomic mass is 16.6. The zero-order valence-corrected chi connectivity index (χ0v) is 17.0. The summed E-state index contributed by atoms with van der Waals surface area (Å²) in [7, 11) is 1.95. The molecule has 0 radical (unpaired) electrons. The quantitative estimate of drug-likeness (QED) is 0.413. The van der Waals surface area contributed by atoms with Crippen molar-refractivity contribution in [2.24, 2.45) is 0 Å². The number of piperidine rings is 1. The molecule has 0 aromatic heterocycles. The molecule has 2 fully saturated rings. The molecule has 2 unspecified atom stereocenters. The molecule has 0 amide bonds. The van der Waals surface area contributed by atoms with Crippen molar-refractivity contribution < 1.29 is 9.72 Å². The lowest BCUT2D eigenvalue weighted by atomic mass is 9.94. The number of hydrogen-bond donors (Lipinski definition) is 0. The number of ketones is 1. The summed E-state index contributed by atoms with van der Waals surface area (Å²) < 4.78 is 0. The normalized spacial score (nSPS) is 23.7. The number of anilines is 1. The fraction of sp³-hybridized carbons (Fsp3) is 0.435. The topological polar surface area (TPSA) is 66.7 Å². The van der Waals surface area contributed by atoms with Crippen molar-refractivity contribution >= 4 is 17.2 Å². The lowest BCUT2D eigenvalue weighted by molar-refractivity contribution is -0.384. The maximum atomic E-state index is 11.6. The summed E-state index contributed by atoms with van der Waals surface area (Å²) in [6.45, 7) is 2.41. The van der Waals surface area contributed by atoms with E-state index in [1.165, 1.54) is 31.4 Å². The van der Waals surface area contributed by atoms with E-state index >= 15 is 0 Å². The minimum absolute atomic E-state index is 0.0132. The predicted molar refractivity (Wildman–Crippen MR) is 113 cm³/mol. The maximum Gasteiger partial charge on any atom is 0.293 e. The van der Waals surface area contributed by atoms with Crippen molar-refractivity contribution in [1.82, 2.24) is 4.90 Å². The smallest absolute Gasteiger partial charge is 0.293 e. The van der Waals surface area contributed by atoms with Gasteiger partial charge in [-0.25, -0.2) is 0 Å². The highest BCUT2D eigenvalue weighted by Gasteiger charge is 2.42. The largest absolute Gasteiger partial charge is 0.366 e. The summed E-state index contributed by atoms with van der Waals surface area (Å²) in [5, 5.41) is 11.6. The van der Waals surface area contributed by atoms with Crippen molar-refractivity contribution in [2.45, 2.75) is 57.3 Å². The molecule has 2 heterocycles. The molecule has 6 nitrogen and oxygen atoms in total. The number of benzene rings is 2. The highest BCUT2D eigenvalue weighted by Crippen LogP contribution is 2.41. The second kappa shape index (κ2) is 7.95. The highest BCUT2D eigenvalue weighted by molar-refractivity contribution is 5.95. The molecule has 0 spiro atoms. The zero-order chi connectivity index (χ0) is 20.5. The Morgan fingerprint density at radius 1 is 1.14 bits per heavy atom. The number of nitro benzene ring substituents is 1. The van der Waals surface area contributed by atoms with E-state index in [0.29, 0.717) is 23.3 Å². The Balaban J connectivity index is 1.52. The van der Waals surface area contributed by atoms with Crippen LogP contribution >= 0.6 is 0 Å². The van der Waals surface area contributed by atoms with Gasteiger partial charge in [0.2, 0.25) is 0 Å². The molecule has 6 heteroatoms. The van der Waals surface area contributed by atoms with E-state index in [9.17, 15) is 14.9 Å². The van der Waals surface area contributed by atoms with E-state index in [-0.39, 0.29) is 22.4 Å². The fourth-order valence-electron chi connectivity index (χ4n) is 5.00. The maximum absolute atomic E-state index is 11.6. The number of carbonyl (C=O) groups is 1. The Kier molecular flexibility index (Phi) is 5.37. The molecular formula is C23H27N3O3.